The van der Waals surface area contributed by atoms with Crippen LogP contribution in [0.4, 0.5) is 17.2 Å². The summed E-state index contributed by atoms with van der Waals surface area (Å²) in [5.41, 5.74) is 5.91. The molecule has 156 valence electrons. The van der Waals surface area contributed by atoms with Gasteiger partial charge in [-0.05, 0) is 66.7 Å². The zero-order chi connectivity index (χ0) is 21.8. The fraction of sp³-hybridized carbons (Fsp3) is 0. The lowest BCUT2D eigenvalue weighted by atomic mass is 10.1. The van der Waals surface area contributed by atoms with Crippen molar-refractivity contribution >= 4 is 61.3 Å². The van der Waals surface area contributed by atoms with E-state index in [1.807, 2.05) is 72.8 Å². The van der Waals surface area contributed by atoms with E-state index in [0.717, 1.165) is 55.6 Å². The second kappa shape index (κ2) is 6.93. The highest BCUT2D eigenvalue weighted by Gasteiger charge is 2.18. The van der Waals surface area contributed by atoms with Crippen LogP contribution in [0.25, 0.3) is 44.1 Å². The molecule has 0 unspecified atom stereocenters. The lowest BCUT2D eigenvalue weighted by Crippen LogP contribution is -2.11. The van der Waals surface area contributed by atoms with Crippen molar-refractivity contribution in [1.82, 2.24) is 9.97 Å². The maximum absolute atomic E-state index is 5.99. The van der Waals surface area contributed by atoms with Gasteiger partial charge in [-0.15, -0.1) is 0 Å². The summed E-state index contributed by atoms with van der Waals surface area (Å²) >= 11 is 0. The predicted octanol–water partition coefficient (Wildman–Crippen LogP) is 7.75. The van der Waals surface area contributed by atoms with E-state index >= 15 is 0 Å². The van der Waals surface area contributed by atoms with Crippen molar-refractivity contribution in [3.8, 4) is 0 Å². The van der Waals surface area contributed by atoms with Crippen molar-refractivity contribution in [2.75, 3.05) is 4.90 Å². The van der Waals surface area contributed by atoms with Gasteiger partial charge in [-0.3, -0.25) is 4.90 Å². The Bertz CT molecular complexity index is 1670. The fourth-order valence-corrected chi connectivity index (χ4v) is 4.43. The number of aromatic nitrogens is 2. The Labute approximate surface area is 188 Å². The summed E-state index contributed by atoms with van der Waals surface area (Å²) < 4.78 is 11.9. The molecule has 0 fully saturated rings. The summed E-state index contributed by atoms with van der Waals surface area (Å²) in [6.45, 7) is 0. The summed E-state index contributed by atoms with van der Waals surface area (Å²) in [6.07, 6.45) is 1.75. The highest BCUT2D eigenvalue weighted by Crippen LogP contribution is 2.38. The van der Waals surface area contributed by atoms with Crippen molar-refractivity contribution in [1.29, 1.82) is 0 Å². The van der Waals surface area contributed by atoms with Crippen LogP contribution in [0.1, 0.15) is 0 Å². The molecule has 5 heteroatoms. The first-order chi connectivity index (χ1) is 16.3. The van der Waals surface area contributed by atoms with E-state index < -0.39 is 0 Å². The Balaban J connectivity index is 1.48. The Morgan fingerprint density at radius 2 is 1.36 bits per heavy atom. The van der Waals surface area contributed by atoms with Crippen molar-refractivity contribution in [3.63, 3.8) is 0 Å². The molecule has 5 nitrogen and oxygen atoms in total. The molecule has 0 saturated heterocycles. The van der Waals surface area contributed by atoms with E-state index in [2.05, 4.69) is 34.1 Å². The van der Waals surface area contributed by atoms with Gasteiger partial charge < -0.3 is 8.83 Å². The van der Waals surface area contributed by atoms with Crippen LogP contribution >= 0.6 is 0 Å². The number of fused-ring (bicyclic) bond motifs is 6. The second-order valence-corrected chi connectivity index (χ2v) is 7.92. The highest BCUT2D eigenvalue weighted by atomic mass is 16.3. The van der Waals surface area contributed by atoms with Crippen LogP contribution in [0.3, 0.4) is 0 Å². The largest absolute Gasteiger partial charge is 0.454 e. The molecule has 33 heavy (non-hydrogen) atoms. The average molecular weight is 427 g/mol. The molecule has 0 aliphatic carbocycles. The first-order valence-electron chi connectivity index (χ1n) is 10.8. The first-order valence-corrected chi connectivity index (χ1v) is 10.8. The minimum Gasteiger partial charge on any atom is -0.454 e. The molecule has 0 amide bonds. The van der Waals surface area contributed by atoms with E-state index in [1.54, 1.807) is 6.20 Å². The summed E-state index contributed by atoms with van der Waals surface area (Å²) in [5.74, 6) is 0.811. The van der Waals surface area contributed by atoms with Gasteiger partial charge in [0.25, 0.3) is 0 Å². The van der Waals surface area contributed by atoms with Crippen LogP contribution in [-0.4, -0.2) is 9.97 Å². The van der Waals surface area contributed by atoms with Gasteiger partial charge in [-0.25, -0.2) is 9.97 Å². The summed E-state index contributed by atoms with van der Waals surface area (Å²) in [7, 11) is 0. The van der Waals surface area contributed by atoms with Crippen molar-refractivity contribution in [3.05, 3.63) is 103 Å². The lowest BCUT2D eigenvalue weighted by molar-refractivity contribution is 0.654. The van der Waals surface area contributed by atoms with E-state index in [4.69, 9.17) is 13.8 Å². The van der Waals surface area contributed by atoms with Crippen LogP contribution in [0.5, 0.6) is 0 Å². The highest BCUT2D eigenvalue weighted by molar-refractivity contribution is 6.06. The van der Waals surface area contributed by atoms with Crippen LogP contribution in [0.2, 0.25) is 0 Å². The molecule has 4 heterocycles. The second-order valence-electron chi connectivity index (χ2n) is 7.92. The number of pyridine rings is 2. The first kappa shape index (κ1) is 18.0. The maximum atomic E-state index is 5.99. The molecule has 0 spiro atoms. The number of furan rings is 2. The van der Waals surface area contributed by atoms with Crippen LogP contribution in [-0.2, 0) is 0 Å². The number of para-hydroxylation sites is 2. The van der Waals surface area contributed by atoms with Gasteiger partial charge in [0.15, 0.2) is 5.58 Å². The zero-order valence-corrected chi connectivity index (χ0v) is 17.5. The van der Waals surface area contributed by atoms with Crippen LogP contribution < -0.4 is 4.90 Å². The molecule has 7 aromatic rings. The van der Waals surface area contributed by atoms with Crippen molar-refractivity contribution < 1.29 is 8.83 Å². The molecule has 0 saturated carbocycles. The number of nitrogens with zero attached hydrogens (tertiary/aromatic N) is 3. The normalized spacial score (nSPS) is 11.6. The number of hydrogen-bond acceptors (Lipinski definition) is 5. The zero-order valence-electron chi connectivity index (χ0n) is 17.5. The SMILES string of the molecule is c1ccc(N(c2ccc3oc4ncccc4c3c2)c2ccc3oc4ccccc4c3n2)cc1. The van der Waals surface area contributed by atoms with Crippen molar-refractivity contribution in [2.45, 2.75) is 0 Å². The molecule has 0 N–H and O–H groups in total. The maximum Gasteiger partial charge on any atom is 0.227 e. The Kier molecular flexibility index (Phi) is 3.78. The Morgan fingerprint density at radius 3 is 2.30 bits per heavy atom. The predicted molar refractivity (Wildman–Crippen MR) is 131 cm³/mol. The molecule has 4 aromatic heterocycles. The number of hydrogen-bond donors (Lipinski definition) is 0. The summed E-state index contributed by atoms with van der Waals surface area (Å²) in [6, 6.07) is 32.4. The van der Waals surface area contributed by atoms with Gasteiger partial charge in [0.05, 0.1) is 0 Å². The smallest absolute Gasteiger partial charge is 0.227 e. The quantitative estimate of drug-likeness (QED) is 0.289. The molecule has 0 radical (unpaired) electrons. The average Bonchev–Trinajstić information content (AvgIpc) is 3.43. The monoisotopic (exact) mass is 427 g/mol. The third kappa shape index (κ3) is 2.79. The van der Waals surface area contributed by atoms with E-state index in [0.29, 0.717) is 5.71 Å². The topological polar surface area (TPSA) is 55.3 Å². The van der Waals surface area contributed by atoms with Gasteiger partial charge in [-0.1, -0.05) is 30.3 Å². The fourth-order valence-electron chi connectivity index (χ4n) is 4.43. The van der Waals surface area contributed by atoms with Crippen LogP contribution in [0, 0.1) is 0 Å². The molecule has 0 aliphatic heterocycles. The minimum atomic E-state index is 0.639. The standard InChI is InChI=1S/C28H17N3O2/c1-2-7-18(8-3-1)31(19-12-13-24-22(17-19)20-10-6-16-29-28(20)33-24)26-15-14-25-27(30-26)21-9-4-5-11-23(21)32-25/h1-17H. The summed E-state index contributed by atoms with van der Waals surface area (Å²) in [4.78, 5) is 11.6. The van der Waals surface area contributed by atoms with E-state index in [1.165, 1.54) is 0 Å². The van der Waals surface area contributed by atoms with Gasteiger partial charge in [0.2, 0.25) is 5.71 Å². The third-order valence-corrected chi connectivity index (χ3v) is 5.94. The molecule has 3 aromatic carbocycles. The van der Waals surface area contributed by atoms with Gasteiger partial charge in [0, 0.05) is 33.7 Å². The van der Waals surface area contributed by atoms with Crippen LogP contribution in [0.15, 0.2) is 112 Å². The molecular weight excluding hydrogens is 410 g/mol. The van der Waals surface area contributed by atoms with E-state index in [9.17, 15) is 0 Å². The summed E-state index contributed by atoms with van der Waals surface area (Å²) in [5, 5.41) is 3.02. The molecule has 0 bridgehead atoms. The lowest BCUT2D eigenvalue weighted by Gasteiger charge is -2.24. The van der Waals surface area contributed by atoms with Gasteiger partial charge >= 0.3 is 0 Å². The molecule has 0 atom stereocenters. The van der Waals surface area contributed by atoms with Crippen molar-refractivity contribution in [2.24, 2.45) is 0 Å². The molecular formula is C28H17N3O2. The number of anilines is 3. The third-order valence-electron chi connectivity index (χ3n) is 5.94. The molecule has 7 rings (SSSR count). The van der Waals surface area contributed by atoms with E-state index in [-0.39, 0.29) is 0 Å². The Hall–Kier alpha value is -4.64. The number of benzene rings is 3. The number of rotatable bonds is 3. The molecule has 0 aliphatic rings. The van der Waals surface area contributed by atoms with Gasteiger partial charge in [-0.2, -0.15) is 0 Å². The minimum absolute atomic E-state index is 0.639. The van der Waals surface area contributed by atoms with Gasteiger partial charge in [0.1, 0.15) is 22.5 Å². The Morgan fingerprint density at radius 1 is 0.576 bits per heavy atom.